The van der Waals surface area contributed by atoms with E-state index in [4.69, 9.17) is 4.84 Å². The van der Waals surface area contributed by atoms with Crippen molar-refractivity contribution < 1.29 is 4.84 Å². The van der Waals surface area contributed by atoms with Crippen molar-refractivity contribution >= 4 is 16.5 Å². The number of rotatable bonds is 2. The van der Waals surface area contributed by atoms with Crippen LogP contribution in [0.15, 0.2) is 84.4 Å². The molecule has 1 aliphatic heterocycles. The lowest BCUT2D eigenvalue weighted by Gasteiger charge is -2.32. The minimum Gasteiger partial charge on any atom is -0.261 e. The lowest BCUT2D eigenvalue weighted by atomic mass is 10.0. The van der Waals surface area contributed by atoms with Crippen molar-refractivity contribution in [3.05, 3.63) is 90.0 Å². The highest BCUT2D eigenvalue weighted by Crippen LogP contribution is 2.31. The van der Waals surface area contributed by atoms with Crippen LogP contribution in [0, 0.1) is 0 Å². The Balaban J connectivity index is 1.68. The molecule has 0 fully saturated rings. The van der Waals surface area contributed by atoms with E-state index in [1.54, 1.807) is 0 Å². The van der Waals surface area contributed by atoms with Gasteiger partial charge in [0.2, 0.25) is 0 Å². The number of fused-ring (bicyclic) bond motifs is 1. The topological polar surface area (TPSA) is 12.5 Å². The fraction of sp³-hybridized carbons (Fsp3) is 0.143. The Labute approximate surface area is 136 Å². The van der Waals surface area contributed by atoms with Gasteiger partial charge in [-0.2, -0.15) is 0 Å². The van der Waals surface area contributed by atoms with Crippen LogP contribution in [-0.2, 0) is 4.84 Å². The van der Waals surface area contributed by atoms with Gasteiger partial charge in [-0.3, -0.25) is 4.84 Å². The summed E-state index contributed by atoms with van der Waals surface area (Å²) in [6.07, 6.45) is 2.16. The van der Waals surface area contributed by atoms with Gasteiger partial charge < -0.3 is 0 Å². The standard InChI is InChI=1S/C21H19NO/c1-16-13-21(23-22(15-16)20-9-3-2-4-10-20)19-12-11-17-7-5-6-8-18(17)14-19/h2-14,21H,15H2,1H3. The Morgan fingerprint density at radius 1 is 0.870 bits per heavy atom. The molecule has 1 aliphatic rings. The first-order chi connectivity index (χ1) is 11.3. The van der Waals surface area contributed by atoms with Gasteiger partial charge in [-0.05, 0) is 47.5 Å². The number of para-hydroxylation sites is 1. The summed E-state index contributed by atoms with van der Waals surface area (Å²) >= 11 is 0. The highest BCUT2D eigenvalue weighted by molar-refractivity contribution is 5.83. The van der Waals surface area contributed by atoms with E-state index in [0.717, 1.165) is 12.2 Å². The molecule has 2 nitrogen and oxygen atoms in total. The normalized spacial score (nSPS) is 18.0. The summed E-state index contributed by atoms with van der Waals surface area (Å²) in [6, 6.07) is 25.2. The minimum atomic E-state index is -0.0476. The maximum Gasteiger partial charge on any atom is 0.129 e. The van der Waals surface area contributed by atoms with Gasteiger partial charge in [-0.1, -0.05) is 60.2 Å². The Hall–Kier alpha value is -2.58. The lowest BCUT2D eigenvalue weighted by molar-refractivity contribution is 0.0558. The zero-order valence-electron chi connectivity index (χ0n) is 13.1. The number of benzene rings is 3. The maximum atomic E-state index is 6.23. The fourth-order valence-corrected chi connectivity index (χ4v) is 3.03. The van der Waals surface area contributed by atoms with E-state index < -0.39 is 0 Å². The third kappa shape index (κ3) is 2.86. The van der Waals surface area contributed by atoms with Gasteiger partial charge in [0, 0.05) is 0 Å². The molecule has 1 unspecified atom stereocenters. The Morgan fingerprint density at radius 2 is 1.61 bits per heavy atom. The van der Waals surface area contributed by atoms with Crippen molar-refractivity contribution in [2.75, 3.05) is 11.6 Å². The average molecular weight is 301 g/mol. The van der Waals surface area contributed by atoms with E-state index in [1.165, 1.54) is 21.9 Å². The zero-order valence-corrected chi connectivity index (χ0v) is 13.1. The summed E-state index contributed by atoms with van der Waals surface area (Å²) < 4.78 is 0. The van der Waals surface area contributed by atoms with Crippen LogP contribution in [0.2, 0.25) is 0 Å². The second-order valence-corrected chi connectivity index (χ2v) is 6.02. The summed E-state index contributed by atoms with van der Waals surface area (Å²) in [6.45, 7) is 2.96. The lowest BCUT2D eigenvalue weighted by Crippen LogP contribution is -2.31. The van der Waals surface area contributed by atoms with Crippen LogP contribution in [0.5, 0.6) is 0 Å². The highest BCUT2D eigenvalue weighted by Gasteiger charge is 2.21. The number of hydrogen-bond donors (Lipinski definition) is 0. The molecule has 1 atom stereocenters. The van der Waals surface area contributed by atoms with E-state index in [2.05, 4.69) is 67.6 Å². The molecule has 0 saturated carbocycles. The predicted octanol–water partition coefficient (Wildman–Crippen LogP) is 5.28. The van der Waals surface area contributed by atoms with Crippen LogP contribution < -0.4 is 5.06 Å². The van der Waals surface area contributed by atoms with Crippen molar-refractivity contribution in [1.29, 1.82) is 0 Å². The first kappa shape index (κ1) is 14.0. The molecule has 0 amide bonds. The van der Waals surface area contributed by atoms with Crippen molar-refractivity contribution in [1.82, 2.24) is 0 Å². The summed E-state index contributed by atoms with van der Waals surface area (Å²) in [5.41, 5.74) is 3.59. The monoisotopic (exact) mass is 301 g/mol. The van der Waals surface area contributed by atoms with Crippen LogP contribution in [0.25, 0.3) is 10.8 Å². The van der Waals surface area contributed by atoms with E-state index in [9.17, 15) is 0 Å². The van der Waals surface area contributed by atoms with Crippen molar-refractivity contribution in [3.63, 3.8) is 0 Å². The molecule has 1 heterocycles. The van der Waals surface area contributed by atoms with Gasteiger partial charge in [0.05, 0.1) is 12.2 Å². The molecule has 0 bridgehead atoms. The van der Waals surface area contributed by atoms with E-state index in [0.29, 0.717) is 0 Å². The number of hydroxylamine groups is 1. The zero-order chi connectivity index (χ0) is 15.6. The quantitative estimate of drug-likeness (QED) is 0.597. The molecule has 2 heteroatoms. The number of nitrogens with zero attached hydrogens (tertiary/aromatic N) is 1. The Kier molecular flexibility index (Phi) is 3.60. The van der Waals surface area contributed by atoms with Crippen molar-refractivity contribution in [2.45, 2.75) is 13.0 Å². The van der Waals surface area contributed by atoms with Crippen LogP contribution in [0.4, 0.5) is 5.69 Å². The van der Waals surface area contributed by atoms with E-state index in [1.807, 2.05) is 23.3 Å². The van der Waals surface area contributed by atoms with Gasteiger partial charge in [-0.15, -0.1) is 0 Å². The van der Waals surface area contributed by atoms with Gasteiger partial charge in [0.1, 0.15) is 6.10 Å². The first-order valence-electron chi connectivity index (χ1n) is 7.95. The Morgan fingerprint density at radius 3 is 2.43 bits per heavy atom. The largest absolute Gasteiger partial charge is 0.261 e. The molecule has 0 saturated heterocycles. The third-order valence-corrected chi connectivity index (χ3v) is 4.22. The SMILES string of the molecule is CC1=CC(c2ccc3ccccc3c2)ON(c2ccccc2)C1. The fourth-order valence-electron chi connectivity index (χ4n) is 3.03. The van der Waals surface area contributed by atoms with Crippen LogP contribution in [0.3, 0.4) is 0 Å². The highest BCUT2D eigenvalue weighted by atomic mass is 16.7. The molecule has 0 aromatic heterocycles. The summed E-state index contributed by atoms with van der Waals surface area (Å²) in [5.74, 6) is 0. The van der Waals surface area contributed by atoms with E-state index in [-0.39, 0.29) is 6.10 Å². The van der Waals surface area contributed by atoms with Gasteiger partial charge >= 0.3 is 0 Å². The van der Waals surface area contributed by atoms with Gasteiger partial charge in [0.25, 0.3) is 0 Å². The average Bonchev–Trinajstić information content (AvgIpc) is 2.61. The molecular formula is C21H19NO. The van der Waals surface area contributed by atoms with Gasteiger partial charge in [0.15, 0.2) is 0 Å². The van der Waals surface area contributed by atoms with Crippen molar-refractivity contribution in [3.8, 4) is 0 Å². The molecule has 3 aromatic rings. The molecule has 114 valence electrons. The number of hydrogen-bond acceptors (Lipinski definition) is 2. The first-order valence-corrected chi connectivity index (χ1v) is 7.95. The predicted molar refractivity (Wildman–Crippen MR) is 95.3 cm³/mol. The second kappa shape index (κ2) is 5.90. The third-order valence-electron chi connectivity index (χ3n) is 4.22. The molecule has 0 spiro atoms. The second-order valence-electron chi connectivity index (χ2n) is 6.02. The minimum absolute atomic E-state index is 0.0476. The summed E-state index contributed by atoms with van der Waals surface area (Å²) in [4.78, 5) is 6.23. The molecule has 3 aromatic carbocycles. The maximum absolute atomic E-state index is 6.23. The molecule has 4 rings (SSSR count). The van der Waals surface area contributed by atoms with Crippen LogP contribution in [-0.4, -0.2) is 6.54 Å². The molecule has 0 aliphatic carbocycles. The molecule has 0 N–H and O–H groups in total. The van der Waals surface area contributed by atoms with Crippen LogP contribution in [0.1, 0.15) is 18.6 Å². The Bertz CT molecular complexity index is 854. The van der Waals surface area contributed by atoms with Crippen LogP contribution >= 0.6 is 0 Å². The molecular weight excluding hydrogens is 282 g/mol. The summed E-state index contributed by atoms with van der Waals surface area (Å²) in [7, 11) is 0. The molecule has 0 radical (unpaired) electrons. The smallest absolute Gasteiger partial charge is 0.129 e. The van der Waals surface area contributed by atoms with E-state index >= 15 is 0 Å². The number of anilines is 1. The van der Waals surface area contributed by atoms with Gasteiger partial charge in [-0.25, -0.2) is 5.06 Å². The summed E-state index contributed by atoms with van der Waals surface area (Å²) in [5, 5.41) is 4.49. The molecule has 23 heavy (non-hydrogen) atoms. The van der Waals surface area contributed by atoms with Crippen molar-refractivity contribution in [2.24, 2.45) is 0 Å².